The van der Waals surface area contributed by atoms with Gasteiger partial charge in [0.1, 0.15) is 5.75 Å². The first-order chi connectivity index (χ1) is 6.72. The van der Waals surface area contributed by atoms with Crippen LogP contribution in [-0.2, 0) is 18.6 Å². The van der Waals surface area contributed by atoms with Crippen LogP contribution in [0.5, 0.6) is 5.75 Å². The molecule has 1 aromatic rings. The third-order valence-corrected chi connectivity index (χ3v) is 3.02. The molecule has 1 aromatic carbocycles. The summed E-state index contributed by atoms with van der Waals surface area (Å²) in [7, 11) is 0. The number of phenolic OH excluding ortho intramolecular Hbond substituents is 1. The monoisotopic (exact) mass is 210 g/mol. The van der Waals surface area contributed by atoms with Crippen molar-refractivity contribution in [2.24, 2.45) is 0 Å². The quantitative estimate of drug-likeness (QED) is 0.822. The molecule has 1 N–H and O–H groups in total. The fourth-order valence-corrected chi connectivity index (χ4v) is 2.12. The summed E-state index contributed by atoms with van der Waals surface area (Å²) in [5.74, 6) is 1.53. The molecule has 0 bridgehead atoms. The summed E-state index contributed by atoms with van der Waals surface area (Å²) in [6, 6.07) is 4.23. The molecule has 0 saturated carbocycles. The smallest absolute Gasteiger partial charge is 0.121 e. The molecule has 0 amide bonds. The molecule has 0 spiro atoms. The molecule has 0 aliphatic heterocycles. The van der Waals surface area contributed by atoms with Crippen molar-refractivity contribution >= 4 is 11.8 Å². The number of aromatic hydroxyl groups is 1. The highest BCUT2D eigenvalue weighted by atomic mass is 32.2. The standard InChI is InChI=1S/C12H18OS/c1-4-10-6-9(8-14-3)7-11(5-2)12(10)13/h6-7,13H,4-5,8H2,1-3H3. The van der Waals surface area contributed by atoms with Crippen molar-refractivity contribution in [1.82, 2.24) is 0 Å². The highest BCUT2D eigenvalue weighted by Crippen LogP contribution is 2.27. The fourth-order valence-electron chi connectivity index (χ4n) is 1.62. The van der Waals surface area contributed by atoms with E-state index in [2.05, 4.69) is 32.2 Å². The Balaban J connectivity index is 3.11. The maximum absolute atomic E-state index is 9.87. The molecule has 0 saturated heterocycles. The van der Waals surface area contributed by atoms with Crippen LogP contribution in [0.2, 0.25) is 0 Å². The van der Waals surface area contributed by atoms with E-state index >= 15 is 0 Å². The maximum Gasteiger partial charge on any atom is 0.121 e. The van der Waals surface area contributed by atoms with Gasteiger partial charge in [-0.3, -0.25) is 0 Å². The van der Waals surface area contributed by atoms with Gasteiger partial charge in [-0.15, -0.1) is 0 Å². The lowest BCUT2D eigenvalue weighted by molar-refractivity contribution is 0.462. The lowest BCUT2D eigenvalue weighted by Crippen LogP contribution is -1.92. The normalized spacial score (nSPS) is 10.5. The van der Waals surface area contributed by atoms with E-state index < -0.39 is 0 Å². The van der Waals surface area contributed by atoms with Crippen molar-refractivity contribution in [3.63, 3.8) is 0 Å². The zero-order valence-corrected chi connectivity index (χ0v) is 9.95. The molecule has 78 valence electrons. The average molecular weight is 210 g/mol. The Kier molecular flexibility index (Phi) is 4.33. The molecular weight excluding hydrogens is 192 g/mol. The van der Waals surface area contributed by atoms with Gasteiger partial charge < -0.3 is 5.11 Å². The van der Waals surface area contributed by atoms with Gasteiger partial charge >= 0.3 is 0 Å². The Morgan fingerprint density at radius 1 is 1.14 bits per heavy atom. The number of phenols is 1. The van der Waals surface area contributed by atoms with Crippen LogP contribution >= 0.6 is 11.8 Å². The molecule has 1 rings (SSSR count). The summed E-state index contributed by atoms with van der Waals surface area (Å²) in [5.41, 5.74) is 3.48. The summed E-state index contributed by atoms with van der Waals surface area (Å²) < 4.78 is 0. The minimum absolute atomic E-state index is 0.500. The molecule has 0 aliphatic rings. The summed E-state index contributed by atoms with van der Waals surface area (Å²) in [6.07, 6.45) is 3.91. The summed E-state index contributed by atoms with van der Waals surface area (Å²) >= 11 is 1.82. The van der Waals surface area contributed by atoms with Crippen LogP contribution in [-0.4, -0.2) is 11.4 Å². The van der Waals surface area contributed by atoms with Crippen molar-refractivity contribution in [1.29, 1.82) is 0 Å². The molecule has 0 aliphatic carbocycles. The molecule has 0 radical (unpaired) electrons. The van der Waals surface area contributed by atoms with E-state index in [1.165, 1.54) is 5.56 Å². The number of rotatable bonds is 4. The molecule has 0 fully saturated rings. The number of aryl methyl sites for hydroxylation is 2. The zero-order chi connectivity index (χ0) is 10.6. The maximum atomic E-state index is 9.87. The lowest BCUT2D eigenvalue weighted by Gasteiger charge is -2.10. The molecule has 1 nitrogen and oxygen atoms in total. The first-order valence-electron chi connectivity index (χ1n) is 5.05. The van der Waals surface area contributed by atoms with E-state index in [0.29, 0.717) is 5.75 Å². The minimum atomic E-state index is 0.500. The van der Waals surface area contributed by atoms with E-state index in [0.717, 1.165) is 29.7 Å². The highest BCUT2D eigenvalue weighted by molar-refractivity contribution is 7.97. The van der Waals surface area contributed by atoms with Gasteiger partial charge in [-0.25, -0.2) is 0 Å². The molecule has 0 heterocycles. The van der Waals surface area contributed by atoms with Crippen LogP contribution in [0.15, 0.2) is 12.1 Å². The summed E-state index contributed by atoms with van der Waals surface area (Å²) in [6.45, 7) is 4.16. The van der Waals surface area contributed by atoms with Gasteiger partial charge in [-0.2, -0.15) is 11.8 Å². The molecule has 0 aromatic heterocycles. The molecule has 2 heteroatoms. The predicted octanol–water partition coefficient (Wildman–Crippen LogP) is 3.38. The van der Waals surface area contributed by atoms with Crippen LogP contribution in [0.25, 0.3) is 0 Å². The van der Waals surface area contributed by atoms with Crippen molar-refractivity contribution in [3.8, 4) is 5.75 Å². The fraction of sp³-hybridized carbons (Fsp3) is 0.500. The van der Waals surface area contributed by atoms with Crippen LogP contribution in [0.3, 0.4) is 0 Å². The van der Waals surface area contributed by atoms with Crippen molar-refractivity contribution in [3.05, 3.63) is 28.8 Å². The number of hydrogen-bond acceptors (Lipinski definition) is 2. The highest BCUT2D eigenvalue weighted by Gasteiger charge is 2.06. The Morgan fingerprint density at radius 2 is 1.64 bits per heavy atom. The van der Waals surface area contributed by atoms with E-state index in [9.17, 15) is 5.11 Å². The SMILES string of the molecule is CCc1cc(CSC)cc(CC)c1O. The first kappa shape index (κ1) is 11.4. The minimum Gasteiger partial charge on any atom is -0.507 e. The molecule has 14 heavy (non-hydrogen) atoms. The van der Waals surface area contributed by atoms with Crippen molar-refractivity contribution in [2.45, 2.75) is 32.4 Å². The summed E-state index contributed by atoms with van der Waals surface area (Å²) in [5, 5.41) is 9.87. The molecular formula is C12H18OS. The van der Waals surface area contributed by atoms with E-state index in [1.54, 1.807) is 0 Å². The van der Waals surface area contributed by atoms with E-state index in [-0.39, 0.29) is 0 Å². The number of benzene rings is 1. The Hall–Kier alpha value is -0.630. The van der Waals surface area contributed by atoms with Crippen molar-refractivity contribution < 1.29 is 5.11 Å². The average Bonchev–Trinajstić information content (AvgIpc) is 2.20. The predicted molar refractivity (Wildman–Crippen MR) is 64.1 cm³/mol. The van der Waals surface area contributed by atoms with Crippen molar-refractivity contribution in [2.75, 3.05) is 6.26 Å². The zero-order valence-electron chi connectivity index (χ0n) is 9.13. The van der Waals surface area contributed by atoms with Gasteiger partial charge in [-0.05, 0) is 35.8 Å². The van der Waals surface area contributed by atoms with Gasteiger partial charge in [-0.1, -0.05) is 26.0 Å². The van der Waals surface area contributed by atoms with Gasteiger partial charge in [0.2, 0.25) is 0 Å². The van der Waals surface area contributed by atoms with Crippen LogP contribution < -0.4 is 0 Å². The van der Waals surface area contributed by atoms with Gasteiger partial charge in [0, 0.05) is 5.75 Å². The van der Waals surface area contributed by atoms with Crippen LogP contribution in [0, 0.1) is 0 Å². The van der Waals surface area contributed by atoms with E-state index in [4.69, 9.17) is 0 Å². The van der Waals surface area contributed by atoms with Crippen LogP contribution in [0.4, 0.5) is 0 Å². The molecule has 0 atom stereocenters. The Labute approximate surface area is 90.5 Å². The Bertz CT molecular complexity index is 282. The van der Waals surface area contributed by atoms with Crippen LogP contribution in [0.1, 0.15) is 30.5 Å². The van der Waals surface area contributed by atoms with Gasteiger partial charge in [0.25, 0.3) is 0 Å². The second-order valence-corrected chi connectivity index (χ2v) is 4.27. The lowest BCUT2D eigenvalue weighted by atomic mass is 10.0. The second-order valence-electron chi connectivity index (χ2n) is 3.40. The third kappa shape index (κ3) is 2.44. The topological polar surface area (TPSA) is 20.2 Å². The van der Waals surface area contributed by atoms with Gasteiger partial charge in [0.05, 0.1) is 0 Å². The van der Waals surface area contributed by atoms with E-state index in [1.807, 2.05) is 11.8 Å². The third-order valence-electron chi connectivity index (χ3n) is 2.40. The largest absolute Gasteiger partial charge is 0.507 e. The van der Waals surface area contributed by atoms with Gasteiger partial charge in [0.15, 0.2) is 0 Å². The molecule has 0 unspecified atom stereocenters. The summed E-state index contributed by atoms with van der Waals surface area (Å²) in [4.78, 5) is 0. The Morgan fingerprint density at radius 3 is 2.00 bits per heavy atom. The number of hydrogen-bond donors (Lipinski definition) is 1. The number of thioether (sulfide) groups is 1. The second kappa shape index (κ2) is 5.30. The first-order valence-corrected chi connectivity index (χ1v) is 6.44.